The first-order valence-corrected chi connectivity index (χ1v) is 12.6. The van der Waals surface area contributed by atoms with Gasteiger partial charge in [-0.25, -0.2) is 4.79 Å². The van der Waals surface area contributed by atoms with Crippen molar-refractivity contribution in [2.45, 2.75) is 77.7 Å². The molecule has 1 saturated carbocycles. The summed E-state index contributed by atoms with van der Waals surface area (Å²) in [5.41, 5.74) is 2.41. The van der Waals surface area contributed by atoms with Gasteiger partial charge in [-0.1, -0.05) is 67.6 Å². The van der Waals surface area contributed by atoms with Crippen LogP contribution in [0.25, 0.3) is 0 Å². The molecule has 0 aromatic heterocycles. The molecule has 0 aliphatic heterocycles. The first-order chi connectivity index (χ1) is 15.9. The summed E-state index contributed by atoms with van der Waals surface area (Å²) < 4.78 is 11.7. The molecule has 2 atom stereocenters. The Kier molecular flexibility index (Phi) is 9.64. The molecule has 0 heterocycles. The fraction of sp³-hybridized carbons (Fsp3) is 0.536. The standard InChI is InChI=1S/C28H37ClO4/c1-21-11-9-12-22(2)26(21)32-19-10-17-28(16-8-4-3-5-15-25(28)30)18-20-33-27(31)23-13-6-7-14-24(23)29/h6-7,9,11-14,25,30H,3-5,8,10,15-20H2,1-2H3. The average molecular weight is 473 g/mol. The molecule has 0 saturated heterocycles. The summed E-state index contributed by atoms with van der Waals surface area (Å²) in [7, 11) is 0. The van der Waals surface area contributed by atoms with Gasteiger partial charge in [-0.05, 0) is 74.6 Å². The lowest BCUT2D eigenvalue weighted by molar-refractivity contribution is -0.0275. The average Bonchev–Trinajstić information content (AvgIpc) is 2.78. The van der Waals surface area contributed by atoms with Crippen molar-refractivity contribution in [2.75, 3.05) is 13.2 Å². The van der Waals surface area contributed by atoms with Gasteiger partial charge in [0.25, 0.3) is 0 Å². The second-order valence-electron chi connectivity index (χ2n) is 9.37. The fourth-order valence-corrected chi connectivity index (χ4v) is 5.24. The summed E-state index contributed by atoms with van der Waals surface area (Å²) in [5.74, 6) is 0.549. The SMILES string of the molecule is Cc1cccc(C)c1OCCCC1(CCOC(=O)c2ccccc2Cl)CCCCCCC1O. The molecule has 0 amide bonds. The highest BCUT2D eigenvalue weighted by Gasteiger charge is 2.37. The number of rotatable bonds is 9. The Morgan fingerprint density at radius 3 is 2.48 bits per heavy atom. The maximum absolute atomic E-state index is 12.5. The molecular formula is C28H37ClO4. The molecule has 180 valence electrons. The summed E-state index contributed by atoms with van der Waals surface area (Å²) in [6.45, 7) is 5.02. The molecule has 3 rings (SSSR count). The van der Waals surface area contributed by atoms with Gasteiger partial charge in [-0.15, -0.1) is 0 Å². The molecule has 4 nitrogen and oxygen atoms in total. The van der Waals surface area contributed by atoms with Crippen LogP contribution < -0.4 is 4.74 Å². The van der Waals surface area contributed by atoms with Crippen molar-refractivity contribution in [3.05, 3.63) is 64.2 Å². The van der Waals surface area contributed by atoms with Gasteiger partial charge in [-0.2, -0.15) is 0 Å². The molecule has 0 spiro atoms. The minimum atomic E-state index is -0.408. The minimum Gasteiger partial charge on any atom is -0.493 e. The zero-order valence-electron chi connectivity index (χ0n) is 19.9. The molecule has 1 aliphatic carbocycles. The number of aliphatic hydroxyl groups is 1. The van der Waals surface area contributed by atoms with Crippen molar-refractivity contribution in [1.82, 2.24) is 0 Å². The normalized spacial score (nSPS) is 21.2. The zero-order chi connectivity index (χ0) is 23.7. The molecule has 2 unspecified atom stereocenters. The lowest BCUT2D eigenvalue weighted by Crippen LogP contribution is -2.38. The first kappa shape index (κ1) is 25.6. The van der Waals surface area contributed by atoms with Crippen LogP contribution in [0.3, 0.4) is 0 Å². The van der Waals surface area contributed by atoms with E-state index in [9.17, 15) is 9.90 Å². The molecule has 1 aliphatic rings. The number of benzene rings is 2. The number of carbonyl (C=O) groups is 1. The van der Waals surface area contributed by atoms with Crippen LogP contribution in [0.15, 0.2) is 42.5 Å². The Hall–Kier alpha value is -2.04. The van der Waals surface area contributed by atoms with E-state index in [0.29, 0.717) is 23.6 Å². The summed E-state index contributed by atoms with van der Waals surface area (Å²) in [6, 6.07) is 13.1. The third kappa shape index (κ3) is 6.97. The van der Waals surface area contributed by atoms with E-state index in [1.807, 2.05) is 6.07 Å². The maximum atomic E-state index is 12.5. The number of ether oxygens (including phenoxy) is 2. The molecule has 1 N–H and O–H groups in total. The highest BCUT2D eigenvalue weighted by molar-refractivity contribution is 6.33. The van der Waals surface area contributed by atoms with Gasteiger partial charge in [0.2, 0.25) is 0 Å². The first-order valence-electron chi connectivity index (χ1n) is 12.2. The van der Waals surface area contributed by atoms with E-state index < -0.39 is 12.1 Å². The van der Waals surface area contributed by atoms with Gasteiger partial charge in [0.15, 0.2) is 0 Å². The molecule has 2 aromatic rings. The number of halogens is 1. The van der Waals surface area contributed by atoms with Crippen LogP contribution in [0, 0.1) is 19.3 Å². The van der Waals surface area contributed by atoms with Crippen molar-refractivity contribution in [3.63, 3.8) is 0 Å². The van der Waals surface area contributed by atoms with Crippen molar-refractivity contribution >= 4 is 17.6 Å². The topological polar surface area (TPSA) is 55.8 Å². The third-order valence-corrected chi connectivity index (χ3v) is 7.34. The van der Waals surface area contributed by atoms with Gasteiger partial charge in [0, 0.05) is 0 Å². The van der Waals surface area contributed by atoms with E-state index >= 15 is 0 Å². The van der Waals surface area contributed by atoms with Crippen LogP contribution in [0.2, 0.25) is 5.02 Å². The second-order valence-corrected chi connectivity index (χ2v) is 9.78. The molecule has 5 heteroatoms. The molecule has 1 fully saturated rings. The quantitative estimate of drug-likeness (QED) is 0.313. The predicted octanol–water partition coefficient (Wildman–Crippen LogP) is 7.06. The Labute approximate surface area is 203 Å². The number of para-hydroxylation sites is 1. The highest BCUT2D eigenvalue weighted by atomic mass is 35.5. The zero-order valence-corrected chi connectivity index (χ0v) is 20.7. The molecule has 2 aromatic carbocycles. The van der Waals surface area contributed by atoms with Crippen molar-refractivity contribution < 1.29 is 19.4 Å². The number of esters is 1. The van der Waals surface area contributed by atoms with Crippen molar-refractivity contribution in [1.29, 1.82) is 0 Å². The van der Waals surface area contributed by atoms with E-state index in [1.165, 1.54) is 12.8 Å². The summed E-state index contributed by atoms with van der Waals surface area (Å²) >= 11 is 6.14. The maximum Gasteiger partial charge on any atom is 0.339 e. The third-order valence-electron chi connectivity index (χ3n) is 7.01. The van der Waals surface area contributed by atoms with Crippen LogP contribution in [-0.2, 0) is 4.74 Å². The number of aryl methyl sites for hydroxylation is 2. The molecule has 33 heavy (non-hydrogen) atoms. The fourth-order valence-electron chi connectivity index (χ4n) is 5.03. The smallest absolute Gasteiger partial charge is 0.339 e. The Morgan fingerprint density at radius 2 is 1.73 bits per heavy atom. The number of aliphatic hydroxyl groups excluding tert-OH is 1. The van der Waals surface area contributed by atoms with Gasteiger partial charge < -0.3 is 14.6 Å². The summed E-state index contributed by atoms with van der Waals surface area (Å²) in [6.07, 6.45) is 8.19. The number of hydrogen-bond acceptors (Lipinski definition) is 4. The Balaban J connectivity index is 1.61. The highest BCUT2D eigenvalue weighted by Crippen LogP contribution is 2.42. The second kappa shape index (κ2) is 12.4. The van der Waals surface area contributed by atoms with Crippen LogP contribution in [0.1, 0.15) is 79.3 Å². The number of hydrogen-bond donors (Lipinski definition) is 1. The van der Waals surface area contributed by atoms with Gasteiger partial charge >= 0.3 is 5.97 Å². The molecule has 0 bridgehead atoms. The van der Waals surface area contributed by atoms with Gasteiger partial charge in [-0.3, -0.25) is 0 Å². The van der Waals surface area contributed by atoms with Crippen molar-refractivity contribution in [3.8, 4) is 5.75 Å². The van der Waals surface area contributed by atoms with E-state index in [1.54, 1.807) is 24.3 Å². The largest absolute Gasteiger partial charge is 0.493 e. The lowest BCUT2D eigenvalue weighted by atomic mass is 9.69. The van der Waals surface area contributed by atoms with Crippen LogP contribution in [0.5, 0.6) is 5.75 Å². The van der Waals surface area contributed by atoms with E-state index in [4.69, 9.17) is 21.1 Å². The Bertz CT molecular complexity index is 892. The monoisotopic (exact) mass is 472 g/mol. The number of carbonyl (C=O) groups excluding carboxylic acids is 1. The summed E-state index contributed by atoms with van der Waals surface area (Å²) in [5, 5.41) is 11.5. The van der Waals surface area contributed by atoms with Gasteiger partial charge in [0.05, 0.1) is 29.9 Å². The molecule has 0 radical (unpaired) electrons. The minimum absolute atomic E-state index is 0.259. The van der Waals surface area contributed by atoms with E-state index in [2.05, 4.69) is 26.0 Å². The summed E-state index contributed by atoms with van der Waals surface area (Å²) in [4.78, 5) is 12.5. The van der Waals surface area contributed by atoms with Crippen molar-refractivity contribution in [2.24, 2.45) is 5.41 Å². The van der Waals surface area contributed by atoms with Crippen LogP contribution in [0.4, 0.5) is 0 Å². The van der Waals surface area contributed by atoms with Gasteiger partial charge in [0.1, 0.15) is 5.75 Å². The van der Waals surface area contributed by atoms with E-state index in [0.717, 1.165) is 55.4 Å². The molecular weight excluding hydrogens is 436 g/mol. The van der Waals surface area contributed by atoms with Crippen LogP contribution >= 0.6 is 11.6 Å². The Morgan fingerprint density at radius 1 is 1.00 bits per heavy atom. The van der Waals surface area contributed by atoms with Crippen LogP contribution in [-0.4, -0.2) is 30.4 Å². The van der Waals surface area contributed by atoms with E-state index in [-0.39, 0.29) is 12.0 Å². The lowest BCUT2D eigenvalue weighted by Gasteiger charge is -2.40. The predicted molar refractivity (Wildman–Crippen MR) is 133 cm³/mol.